The van der Waals surface area contributed by atoms with Gasteiger partial charge in [0, 0.05) is 36.7 Å². The van der Waals surface area contributed by atoms with Gasteiger partial charge in [0.15, 0.2) is 0 Å². The van der Waals surface area contributed by atoms with Crippen molar-refractivity contribution >= 4 is 11.3 Å². The van der Waals surface area contributed by atoms with Gasteiger partial charge >= 0.3 is 0 Å². The lowest BCUT2D eigenvalue weighted by atomic mass is 9.86. The van der Waals surface area contributed by atoms with Crippen LogP contribution in [0.1, 0.15) is 53.0 Å². The molecule has 1 saturated carbocycles. The predicted octanol–water partition coefficient (Wildman–Crippen LogP) is 3.67. The third-order valence-corrected chi connectivity index (χ3v) is 5.62. The highest BCUT2D eigenvalue weighted by Crippen LogP contribution is 2.38. The molecule has 1 aliphatic carbocycles. The Bertz CT molecular complexity index is 565. The highest BCUT2D eigenvalue weighted by atomic mass is 32.1. The summed E-state index contributed by atoms with van der Waals surface area (Å²) >= 11 is 1.85. The normalized spacial score (nSPS) is 16.4. The van der Waals surface area contributed by atoms with Crippen molar-refractivity contribution < 1.29 is 5.11 Å². The van der Waals surface area contributed by atoms with Crippen molar-refractivity contribution in [3.8, 4) is 0 Å². The van der Waals surface area contributed by atoms with E-state index in [1.807, 2.05) is 23.6 Å². The van der Waals surface area contributed by atoms with E-state index in [1.165, 1.54) is 34.7 Å². The fraction of sp³-hybridized carbons (Fsp3) is 0.500. The van der Waals surface area contributed by atoms with Crippen LogP contribution in [0.3, 0.4) is 0 Å². The van der Waals surface area contributed by atoms with Gasteiger partial charge in [-0.15, -0.1) is 11.3 Å². The number of aromatic nitrogens is 1. The molecule has 1 aromatic heterocycles. The van der Waals surface area contributed by atoms with E-state index >= 15 is 0 Å². The minimum Gasteiger partial charge on any atom is -0.396 e. The summed E-state index contributed by atoms with van der Waals surface area (Å²) < 4.78 is 0. The minimum atomic E-state index is 0.230. The molecule has 0 radical (unpaired) electrons. The lowest BCUT2D eigenvalue weighted by molar-refractivity contribution is 0.273. The molecule has 1 atom stereocenters. The van der Waals surface area contributed by atoms with Gasteiger partial charge in [-0.05, 0) is 30.7 Å². The van der Waals surface area contributed by atoms with Crippen LogP contribution >= 0.6 is 11.3 Å². The molecule has 2 N–H and O–H groups in total. The third-order valence-electron chi connectivity index (χ3n) is 4.46. The molecule has 0 aliphatic heterocycles. The van der Waals surface area contributed by atoms with E-state index in [4.69, 9.17) is 0 Å². The molecule has 4 heteroatoms. The number of benzene rings is 1. The Morgan fingerprint density at radius 3 is 2.77 bits per heavy atom. The summed E-state index contributed by atoms with van der Waals surface area (Å²) in [6.45, 7) is 1.99. The molecule has 1 unspecified atom stereocenters. The molecule has 1 aromatic carbocycles. The maximum Gasteiger partial charge on any atom is 0.0959 e. The van der Waals surface area contributed by atoms with Crippen molar-refractivity contribution in [3.05, 3.63) is 52.0 Å². The molecule has 1 heterocycles. The first kappa shape index (κ1) is 15.7. The number of nitrogens with zero attached hydrogens (tertiary/aromatic N) is 1. The Hall–Kier alpha value is -1.23. The second-order valence-corrected chi connectivity index (χ2v) is 7.19. The van der Waals surface area contributed by atoms with Crippen LogP contribution in [0.25, 0.3) is 0 Å². The van der Waals surface area contributed by atoms with Crippen LogP contribution in [0.5, 0.6) is 0 Å². The third kappa shape index (κ3) is 3.94. The summed E-state index contributed by atoms with van der Waals surface area (Å²) in [4.78, 5) is 5.89. The van der Waals surface area contributed by atoms with E-state index in [-0.39, 0.29) is 6.61 Å². The summed E-state index contributed by atoms with van der Waals surface area (Å²) in [5.41, 5.74) is 1.29. The van der Waals surface area contributed by atoms with Crippen LogP contribution in [-0.4, -0.2) is 23.2 Å². The maximum absolute atomic E-state index is 9.28. The fourth-order valence-corrected chi connectivity index (χ4v) is 3.94. The predicted molar refractivity (Wildman–Crippen MR) is 91.3 cm³/mol. The monoisotopic (exact) mass is 316 g/mol. The average Bonchev–Trinajstić information content (AvgIpc) is 2.94. The lowest BCUT2D eigenvalue weighted by Crippen LogP contribution is -2.21. The minimum absolute atomic E-state index is 0.230. The van der Waals surface area contributed by atoms with Gasteiger partial charge in [0.05, 0.1) is 5.01 Å². The number of nitrogens with one attached hydrogen (secondary N) is 1. The van der Waals surface area contributed by atoms with Crippen molar-refractivity contribution in [2.75, 3.05) is 13.2 Å². The maximum atomic E-state index is 9.28. The Labute approximate surface area is 136 Å². The molecule has 22 heavy (non-hydrogen) atoms. The van der Waals surface area contributed by atoms with Crippen LogP contribution in [-0.2, 0) is 6.54 Å². The van der Waals surface area contributed by atoms with Crippen molar-refractivity contribution in [2.24, 2.45) is 0 Å². The second kappa shape index (κ2) is 7.86. The summed E-state index contributed by atoms with van der Waals surface area (Å²) in [7, 11) is 0. The molecule has 2 aromatic rings. The zero-order valence-electron chi connectivity index (χ0n) is 12.9. The van der Waals surface area contributed by atoms with Gasteiger partial charge in [0.25, 0.3) is 0 Å². The topological polar surface area (TPSA) is 45.1 Å². The zero-order chi connectivity index (χ0) is 15.2. The van der Waals surface area contributed by atoms with Gasteiger partial charge in [0.2, 0.25) is 0 Å². The molecule has 118 valence electrons. The van der Waals surface area contributed by atoms with Gasteiger partial charge < -0.3 is 10.4 Å². The summed E-state index contributed by atoms with van der Waals surface area (Å²) in [5.74, 6) is 1.09. The van der Waals surface area contributed by atoms with Crippen molar-refractivity contribution in [1.29, 1.82) is 0 Å². The molecular weight excluding hydrogens is 292 g/mol. The first-order valence-corrected chi connectivity index (χ1v) is 8.99. The molecule has 3 rings (SSSR count). The Kier molecular flexibility index (Phi) is 5.59. The average molecular weight is 316 g/mol. The molecule has 1 fully saturated rings. The summed E-state index contributed by atoms with van der Waals surface area (Å²) in [6.07, 6.45) is 6.81. The van der Waals surface area contributed by atoms with Gasteiger partial charge in [-0.25, -0.2) is 4.98 Å². The quantitative estimate of drug-likeness (QED) is 0.781. The highest BCUT2D eigenvalue weighted by Gasteiger charge is 2.22. The Balaban J connectivity index is 1.50. The Morgan fingerprint density at radius 2 is 2.09 bits per heavy atom. The fourth-order valence-electron chi connectivity index (χ4n) is 2.89. The Morgan fingerprint density at radius 1 is 1.27 bits per heavy atom. The second-order valence-electron chi connectivity index (χ2n) is 6.04. The van der Waals surface area contributed by atoms with E-state index in [9.17, 15) is 5.11 Å². The van der Waals surface area contributed by atoms with Crippen molar-refractivity contribution in [3.63, 3.8) is 0 Å². The van der Waals surface area contributed by atoms with Gasteiger partial charge in [-0.1, -0.05) is 36.8 Å². The number of hydrogen-bond acceptors (Lipinski definition) is 4. The van der Waals surface area contributed by atoms with Crippen LogP contribution < -0.4 is 5.32 Å². The highest BCUT2D eigenvalue weighted by molar-refractivity contribution is 7.11. The molecule has 1 aliphatic rings. The molecule has 3 nitrogen and oxygen atoms in total. The number of hydrogen-bond donors (Lipinski definition) is 2. The molecule has 0 amide bonds. The van der Waals surface area contributed by atoms with E-state index in [0.717, 1.165) is 25.4 Å². The first-order chi connectivity index (χ1) is 10.9. The van der Waals surface area contributed by atoms with E-state index in [1.54, 1.807) is 0 Å². The van der Waals surface area contributed by atoms with Crippen LogP contribution in [0.2, 0.25) is 0 Å². The summed E-state index contributed by atoms with van der Waals surface area (Å²) in [5, 5.41) is 14.1. The van der Waals surface area contributed by atoms with E-state index in [0.29, 0.717) is 5.92 Å². The standard InChI is InChI=1S/C18H24N2OS/c21-10-9-16(14-5-2-1-3-6-14)11-19-12-17-13-20-18(22-17)15-7-4-8-15/h1-3,5-6,13,15-16,19,21H,4,7-12H2. The van der Waals surface area contributed by atoms with Crippen molar-refractivity contribution in [1.82, 2.24) is 10.3 Å². The number of aliphatic hydroxyl groups is 1. The molecule has 0 bridgehead atoms. The molecule has 0 saturated heterocycles. The first-order valence-electron chi connectivity index (χ1n) is 8.18. The van der Waals surface area contributed by atoms with Crippen LogP contribution in [0, 0.1) is 0 Å². The van der Waals surface area contributed by atoms with Gasteiger partial charge in [-0.3, -0.25) is 0 Å². The van der Waals surface area contributed by atoms with Gasteiger partial charge in [-0.2, -0.15) is 0 Å². The van der Waals surface area contributed by atoms with E-state index in [2.05, 4.69) is 34.6 Å². The van der Waals surface area contributed by atoms with Crippen LogP contribution in [0.4, 0.5) is 0 Å². The molecular formula is C18H24N2OS. The smallest absolute Gasteiger partial charge is 0.0959 e. The van der Waals surface area contributed by atoms with Gasteiger partial charge in [0.1, 0.15) is 0 Å². The SMILES string of the molecule is OCCC(CNCc1cnc(C2CCC2)s1)c1ccccc1. The van der Waals surface area contributed by atoms with Crippen molar-refractivity contribution in [2.45, 2.75) is 44.1 Å². The number of thiazole rings is 1. The zero-order valence-corrected chi connectivity index (χ0v) is 13.7. The van der Waals surface area contributed by atoms with E-state index < -0.39 is 0 Å². The summed E-state index contributed by atoms with van der Waals surface area (Å²) in [6, 6.07) is 10.4. The number of rotatable bonds is 8. The van der Waals surface area contributed by atoms with Crippen LogP contribution in [0.15, 0.2) is 36.5 Å². The molecule has 0 spiro atoms. The largest absolute Gasteiger partial charge is 0.396 e. The lowest BCUT2D eigenvalue weighted by Gasteiger charge is -2.22. The number of aliphatic hydroxyl groups excluding tert-OH is 1.